The molecule has 3 heteroatoms. The van der Waals surface area contributed by atoms with E-state index in [9.17, 15) is 0 Å². The van der Waals surface area contributed by atoms with Gasteiger partial charge in [-0.1, -0.05) is 38.5 Å². The van der Waals surface area contributed by atoms with Gasteiger partial charge in [-0.15, -0.1) is 0 Å². The molecule has 0 radical (unpaired) electrons. The van der Waals surface area contributed by atoms with E-state index < -0.39 is 20.8 Å². The van der Waals surface area contributed by atoms with Gasteiger partial charge in [0.15, 0.2) is 0 Å². The van der Waals surface area contributed by atoms with Crippen LogP contribution in [0.2, 0.25) is 0 Å². The van der Waals surface area contributed by atoms with Crippen LogP contribution in [0.25, 0.3) is 0 Å². The predicted molar refractivity (Wildman–Crippen MR) is 81.7 cm³/mol. The summed E-state index contributed by atoms with van der Waals surface area (Å²) in [6, 6.07) is 16.9. The molecule has 1 aliphatic rings. The van der Waals surface area contributed by atoms with Crippen molar-refractivity contribution in [1.82, 2.24) is 0 Å². The van der Waals surface area contributed by atoms with Crippen molar-refractivity contribution in [2.45, 2.75) is 38.5 Å². The van der Waals surface area contributed by atoms with Crippen molar-refractivity contribution >= 4 is 17.0 Å². The second-order valence-electron chi connectivity index (χ2n) is 4.74. The molecule has 19 heavy (non-hydrogen) atoms. The number of hydrogen-bond acceptors (Lipinski definition) is 0. The number of hydrogen-bond donors (Lipinski definition) is 0. The van der Waals surface area contributed by atoms with Crippen LogP contribution in [0.5, 0.6) is 0 Å². The molecule has 1 saturated carbocycles. The van der Waals surface area contributed by atoms with Gasteiger partial charge in [-0.05, 0) is 0 Å². The third kappa shape index (κ3) is 7.49. The van der Waals surface area contributed by atoms with Crippen LogP contribution in [0.3, 0.4) is 0 Å². The van der Waals surface area contributed by atoms with Gasteiger partial charge in [0.25, 0.3) is 0 Å². The van der Waals surface area contributed by atoms with Crippen LogP contribution in [-0.2, 0) is 20.8 Å². The summed E-state index contributed by atoms with van der Waals surface area (Å²) in [5.74, 6) is 0.892. The monoisotopic (exact) mass is 372 g/mol. The quantitative estimate of drug-likeness (QED) is 0.525. The van der Waals surface area contributed by atoms with E-state index >= 15 is 0 Å². The maximum Gasteiger partial charge on any atom is -0.172 e. The van der Waals surface area contributed by atoms with E-state index in [-0.39, 0.29) is 0 Å². The number of aryl methyl sites for hydroxylation is 1. The van der Waals surface area contributed by atoms with E-state index in [0.717, 1.165) is 5.92 Å². The SMILES string of the molecule is C[c-]1ccc(C2CCCC2)c1.[Cl][Zr+2][Cl].c1cc[cH-]c1. The van der Waals surface area contributed by atoms with Crippen molar-refractivity contribution in [1.29, 1.82) is 0 Å². The standard InChI is InChI=1S/C11H15.C5H5.2ClH.Zr/c1-9-6-7-11(8-9)10-4-2-3-5-10;1-2-4-5-3-1;;;/h6-8,10H,2-5H2,1H3;1-5H;2*1H;/q2*-1;;;+4/p-2. The molecule has 0 aliphatic heterocycles. The van der Waals surface area contributed by atoms with Crippen molar-refractivity contribution in [3.63, 3.8) is 0 Å². The Labute approximate surface area is 135 Å². The maximum atomic E-state index is 4.93. The Morgan fingerprint density at radius 1 is 1.21 bits per heavy atom. The summed E-state index contributed by atoms with van der Waals surface area (Å²) in [5.41, 5.74) is 3.01. The number of rotatable bonds is 1. The van der Waals surface area contributed by atoms with Gasteiger partial charge in [0.2, 0.25) is 0 Å². The van der Waals surface area contributed by atoms with Crippen LogP contribution in [0.1, 0.15) is 42.7 Å². The molecule has 0 spiro atoms. The second kappa shape index (κ2) is 10.9. The molecule has 1 fully saturated rings. The van der Waals surface area contributed by atoms with Crippen LogP contribution in [-0.4, -0.2) is 0 Å². The second-order valence-corrected chi connectivity index (χ2v) is 8.47. The van der Waals surface area contributed by atoms with Crippen LogP contribution >= 0.6 is 17.0 Å². The molecular formula is C16H20Cl2Zr. The van der Waals surface area contributed by atoms with Crippen molar-refractivity contribution in [2.24, 2.45) is 0 Å². The van der Waals surface area contributed by atoms with Gasteiger partial charge in [-0.2, -0.15) is 41.5 Å². The van der Waals surface area contributed by atoms with E-state index in [1.54, 1.807) is 5.56 Å². The molecule has 0 heterocycles. The van der Waals surface area contributed by atoms with Crippen molar-refractivity contribution in [3.8, 4) is 0 Å². The fourth-order valence-electron chi connectivity index (χ4n) is 2.42. The Balaban J connectivity index is 0.000000188. The molecule has 2 aromatic carbocycles. The summed E-state index contributed by atoms with van der Waals surface area (Å²) < 4.78 is 0. The zero-order valence-electron chi connectivity index (χ0n) is 11.3. The Kier molecular flexibility index (Phi) is 9.87. The minimum atomic E-state index is -0.826. The first-order valence-corrected chi connectivity index (χ1v) is 13.0. The van der Waals surface area contributed by atoms with Gasteiger partial charge in [-0.3, -0.25) is 0 Å². The summed E-state index contributed by atoms with van der Waals surface area (Å²) in [4.78, 5) is 0. The van der Waals surface area contributed by atoms with Gasteiger partial charge >= 0.3 is 37.9 Å². The molecule has 0 atom stereocenters. The molecule has 1 aliphatic carbocycles. The third-order valence-corrected chi connectivity index (χ3v) is 3.32. The summed E-state index contributed by atoms with van der Waals surface area (Å²) in [6.45, 7) is 2.18. The van der Waals surface area contributed by atoms with Crippen LogP contribution in [0, 0.1) is 6.92 Å². The smallest absolute Gasteiger partial charge is 0.172 e. The molecule has 0 unspecified atom stereocenters. The minimum absolute atomic E-state index is 0.826. The van der Waals surface area contributed by atoms with Gasteiger partial charge in [-0.25, -0.2) is 18.2 Å². The molecule has 0 saturated heterocycles. The van der Waals surface area contributed by atoms with E-state index in [2.05, 4.69) is 25.1 Å². The molecule has 2 aromatic rings. The molecule has 0 bridgehead atoms. The van der Waals surface area contributed by atoms with E-state index in [0.29, 0.717) is 0 Å². The van der Waals surface area contributed by atoms with E-state index in [4.69, 9.17) is 17.0 Å². The first-order valence-electron chi connectivity index (χ1n) is 6.64. The van der Waals surface area contributed by atoms with Gasteiger partial charge in [0.05, 0.1) is 0 Å². The summed E-state index contributed by atoms with van der Waals surface area (Å²) >= 11 is -0.826. The fourth-order valence-corrected chi connectivity index (χ4v) is 2.42. The van der Waals surface area contributed by atoms with Crippen molar-refractivity contribution < 1.29 is 20.8 Å². The van der Waals surface area contributed by atoms with Gasteiger partial charge in [0.1, 0.15) is 0 Å². The maximum absolute atomic E-state index is 4.93. The Bertz CT molecular complexity index is 383. The molecular weight excluding hydrogens is 354 g/mol. The summed E-state index contributed by atoms with van der Waals surface area (Å²) in [5, 5.41) is 0. The molecule has 0 amide bonds. The topological polar surface area (TPSA) is 0 Å². The summed E-state index contributed by atoms with van der Waals surface area (Å²) in [7, 11) is 9.87. The number of halogens is 2. The fraction of sp³-hybridized carbons (Fsp3) is 0.375. The predicted octanol–water partition coefficient (Wildman–Crippen LogP) is 6.15. The van der Waals surface area contributed by atoms with Crippen molar-refractivity contribution in [3.05, 3.63) is 59.7 Å². The largest absolute Gasteiger partial charge is 0.214 e. The Morgan fingerprint density at radius 3 is 2.16 bits per heavy atom. The van der Waals surface area contributed by atoms with Gasteiger partial charge < -0.3 is 0 Å². The van der Waals surface area contributed by atoms with Crippen molar-refractivity contribution in [2.75, 3.05) is 0 Å². The van der Waals surface area contributed by atoms with Gasteiger partial charge in [0, 0.05) is 0 Å². The molecule has 0 N–H and O–H groups in total. The average Bonchev–Trinajstić information content (AvgIpc) is 3.15. The van der Waals surface area contributed by atoms with Crippen LogP contribution in [0.4, 0.5) is 0 Å². The van der Waals surface area contributed by atoms with Crippen LogP contribution < -0.4 is 0 Å². The normalized spacial score (nSPS) is 13.8. The molecule has 3 rings (SSSR count). The zero-order chi connectivity index (χ0) is 13.9. The Morgan fingerprint density at radius 2 is 1.79 bits per heavy atom. The molecule has 0 aromatic heterocycles. The third-order valence-electron chi connectivity index (χ3n) is 3.32. The Hall–Kier alpha value is 0.163. The van der Waals surface area contributed by atoms with E-state index in [1.807, 2.05) is 30.3 Å². The minimum Gasteiger partial charge on any atom is -0.214 e. The first-order chi connectivity index (χ1) is 9.27. The zero-order valence-corrected chi connectivity index (χ0v) is 15.3. The molecule has 0 nitrogen and oxygen atoms in total. The average molecular weight is 374 g/mol. The van der Waals surface area contributed by atoms with Crippen LogP contribution in [0.15, 0.2) is 48.5 Å². The van der Waals surface area contributed by atoms with E-state index in [1.165, 1.54) is 31.2 Å². The summed E-state index contributed by atoms with van der Waals surface area (Å²) in [6.07, 6.45) is 5.72. The molecule has 102 valence electrons. The first kappa shape index (κ1) is 17.2.